The number of methoxy groups -OCH3 is 6. The number of hydrogen-bond acceptors (Lipinski definition) is 19. The van der Waals surface area contributed by atoms with Crippen molar-refractivity contribution >= 4 is 24.1 Å². The fraction of sp³-hybridized carbons (Fsp3) is 0.500. The molecule has 2 aliphatic heterocycles. The average Bonchev–Trinajstić information content (AvgIpc) is 3.46. The Bertz CT molecular complexity index is 1630. The molecule has 55 heavy (non-hydrogen) atoms. The van der Waals surface area contributed by atoms with E-state index in [1.54, 1.807) is 24.3 Å². The van der Waals surface area contributed by atoms with E-state index in [2.05, 4.69) is 0 Å². The standard InChI is InChI=1S/C36H46O19/c1-45-20-11-18(12-21(46-2)32(20)49-5)7-9-26(39)51-16-25-28(41)30(43)31(44)35(52-25)55-36(17-38)34(29(42)24(15-37)54-36)53-27(40)10-8-19-13-22(47-3)33(50-6)23(14-19)48-4/h7-14,24-25,28-31,34-35,37-38,41-44H,15-17H2,1-6H3. The van der Waals surface area contributed by atoms with E-state index in [1.807, 2.05) is 0 Å². The second kappa shape index (κ2) is 19.2. The van der Waals surface area contributed by atoms with Crippen LogP contribution in [0.2, 0.25) is 0 Å². The van der Waals surface area contributed by atoms with Crippen molar-refractivity contribution in [3.05, 3.63) is 47.5 Å². The third-order valence-electron chi connectivity index (χ3n) is 8.69. The molecule has 2 aromatic carbocycles. The molecule has 0 aliphatic carbocycles. The van der Waals surface area contributed by atoms with Crippen LogP contribution in [0.5, 0.6) is 34.5 Å². The van der Waals surface area contributed by atoms with Crippen molar-refractivity contribution < 1.29 is 92.3 Å². The smallest absolute Gasteiger partial charge is 0.331 e. The summed E-state index contributed by atoms with van der Waals surface area (Å²) < 4.78 is 59.5. The summed E-state index contributed by atoms with van der Waals surface area (Å²) in [5.74, 6) is -2.53. The van der Waals surface area contributed by atoms with Crippen molar-refractivity contribution in [2.24, 2.45) is 0 Å². The lowest BCUT2D eigenvalue weighted by Crippen LogP contribution is -2.63. The lowest BCUT2D eigenvalue weighted by molar-refractivity contribution is -0.383. The molecule has 0 amide bonds. The first-order valence-corrected chi connectivity index (χ1v) is 16.6. The number of ether oxygens (including phenoxy) is 11. The minimum atomic E-state index is -2.49. The van der Waals surface area contributed by atoms with Crippen LogP contribution in [0, 0.1) is 0 Å². The van der Waals surface area contributed by atoms with Gasteiger partial charge in [-0.3, -0.25) is 0 Å². The van der Waals surface area contributed by atoms with E-state index in [-0.39, 0.29) is 0 Å². The Kier molecular flexibility index (Phi) is 15.1. The van der Waals surface area contributed by atoms with Crippen LogP contribution in [0.3, 0.4) is 0 Å². The van der Waals surface area contributed by atoms with Gasteiger partial charge < -0.3 is 82.7 Å². The second-order valence-electron chi connectivity index (χ2n) is 12.0. The van der Waals surface area contributed by atoms with E-state index in [0.29, 0.717) is 45.6 Å². The summed E-state index contributed by atoms with van der Waals surface area (Å²) in [5, 5.41) is 63.4. The zero-order valence-electron chi connectivity index (χ0n) is 30.8. The van der Waals surface area contributed by atoms with E-state index >= 15 is 0 Å². The van der Waals surface area contributed by atoms with Gasteiger partial charge in [0.25, 0.3) is 0 Å². The van der Waals surface area contributed by atoms with Crippen LogP contribution in [0.4, 0.5) is 0 Å². The Morgan fingerprint density at radius 1 is 0.673 bits per heavy atom. The van der Waals surface area contributed by atoms with Gasteiger partial charge in [-0.1, -0.05) is 0 Å². The maximum Gasteiger partial charge on any atom is 0.331 e. The molecule has 0 bridgehead atoms. The lowest BCUT2D eigenvalue weighted by Gasteiger charge is -2.43. The Balaban J connectivity index is 1.49. The number of aliphatic hydroxyl groups is 6. The van der Waals surface area contributed by atoms with Crippen LogP contribution in [0.25, 0.3) is 12.2 Å². The molecular formula is C36H46O19. The monoisotopic (exact) mass is 782 g/mol. The summed E-state index contributed by atoms with van der Waals surface area (Å²) in [6.45, 7) is -2.62. The number of carbonyl (C=O) groups is 2. The van der Waals surface area contributed by atoms with Crippen molar-refractivity contribution in [3.8, 4) is 34.5 Å². The van der Waals surface area contributed by atoms with E-state index in [4.69, 9.17) is 52.1 Å². The van der Waals surface area contributed by atoms with Gasteiger partial charge in [-0.15, -0.1) is 0 Å². The number of esters is 2. The molecule has 2 aromatic rings. The quantitative estimate of drug-likeness (QED) is 0.0847. The third-order valence-corrected chi connectivity index (χ3v) is 8.69. The molecule has 0 spiro atoms. The Morgan fingerprint density at radius 3 is 1.60 bits per heavy atom. The van der Waals surface area contributed by atoms with Crippen molar-refractivity contribution in [2.75, 3.05) is 62.5 Å². The van der Waals surface area contributed by atoms with Crippen LogP contribution >= 0.6 is 0 Å². The zero-order valence-corrected chi connectivity index (χ0v) is 30.8. The van der Waals surface area contributed by atoms with Crippen LogP contribution in [0.1, 0.15) is 11.1 Å². The molecule has 0 saturated carbocycles. The molecule has 2 aliphatic rings. The second-order valence-corrected chi connectivity index (χ2v) is 12.0. The van der Waals surface area contributed by atoms with Gasteiger partial charge in [-0.05, 0) is 47.5 Å². The fourth-order valence-electron chi connectivity index (χ4n) is 5.86. The van der Waals surface area contributed by atoms with E-state index in [0.717, 1.165) is 12.2 Å². The van der Waals surface area contributed by atoms with Gasteiger partial charge in [-0.25, -0.2) is 9.59 Å². The number of benzene rings is 2. The molecule has 2 heterocycles. The normalized spacial score (nSPS) is 27.9. The van der Waals surface area contributed by atoms with Gasteiger partial charge in [0.2, 0.25) is 17.3 Å². The summed E-state index contributed by atoms with van der Waals surface area (Å²) >= 11 is 0. The Hall–Kier alpha value is -4.70. The number of carbonyl (C=O) groups excluding carboxylic acids is 2. The van der Waals surface area contributed by atoms with Crippen LogP contribution in [0.15, 0.2) is 36.4 Å². The van der Waals surface area contributed by atoms with Crippen molar-refractivity contribution in [1.82, 2.24) is 0 Å². The van der Waals surface area contributed by atoms with E-state index in [9.17, 15) is 40.2 Å². The minimum Gasteiger partial charge on any atom is -0.493 e. The van der Waals surface area contributed by atoms with Crippen molar-refractivity contribution in [2.45, 2.75) is 54.8 Å². The largest absolute Gasteiger partial charge is 0.493 e. The predicted molar refractivity (Wildman–Crippen MR) is 187 cm³/mol. The van der Waals surface area contributed by atoms with Gasteiger partial charge >= 0.3 is 11.9 Å². The molecule has 6 N–H and O–H groups in total. The highest BCUT2D eigenvalue weighted by atomic mass is 16.8. The summed E-state index contributed by atoms with van der Waals surface area (Å²) in [6.07, 6.45) is -9.53. The maximum atomic E-state index is 13.0. The highest BCUT2D eigenvalue weighted by Crippen LogP contribution is 2.41. The number of aliphatic hydroxyl groups excluding tert-OH is 6. The third kappa shape index (κ3) is 9.58. The predicted octanol–water partition coefficient (Wildman–Crippen LogP) is -0.815. The van der Waals surface area contributed by atoms with Crippen LogP contribution in [-0.2, 0) is 33.3 Å². The summed E-state index contributed by atoms with van der Waals surface area (Å²) in [5.41, 5.74) is 0.899. The molecule has 0 radical (unpaired) electrons. The first-order chi connectivity index (χ1) is 26.3. The molecule has 2 fully saturated rings. The topological polar surface area (TPSA) is 257 Å². The zero-order chi connectivity index (χ0) is 40.4. The van der Waals surface area contributed by atoms with Crippen LogP contribution < -0.4 is 28.4 Å². The molecular weight excluding hydrogens is 736 g/mol. The van der Waals surface area contributed by atoms with Crippen molar-refractivity contribution in [3.63, 3.8) is 0 Å². The lowest BCUT2D eigenvalue weighted by atomic mass is 9.98. The average molecular weight is 783 g/mol. The van der Waals surface area contributed by atoms with Crippen LogP contribution in [-0.4, -0.2) is 160 Å². The molecule has 9 atom stereocenters. The summed E-state index contributed by atoms with van der Waals surface area (Å²) in [7, 11) is 8.54. The van der Waals surface area contributed by atoms with E-state index < -0.39 is 86.6 Å². The molecule has 304 valence electrons. The van der Waals surface area contributed by atoms with Gasteiger partial charge in [0, 0.05) is 12.2 Å². The first-order valence-electron chi connectivity index (χ1n) is 16.6. The molecule has 19 nitrogen and oxygen atoms in total. The number of hydrogen-bond donors (Lipinski definition) is 6. The molecule has 2 saturated heterocycles. The highest BCUT2D eigenvalue weighted by Gasteiger charge is 2.60. The summed E-state index contributed by atoms with van der Waals surface area (Å²) in [4.78, 5) is 25.7. The molecule has 4 rings (SSSR count). The van der Waals surface area contributed by atoms with Gasteiger partial charge in [-0.2, -0.15) is 0 Å². The van der Waals surface area contributed by atoms with Gasteiger partial charge in [0.1, 0.15) is 49.8 Å². The SMILES string of the molecule is COc1cc(C=CC(=O)OCC2OC(OC3(CO)OC(CO)C(O)C3OC(=O)C=Cc3cc(OC)c(OC)c(OC)c3)C(O)C(O)C2O)cc(OC)c1OC. The van der Waals surface area contributed by atoms with E-state index in [1.165, 1.54) is 54.8 Å². The van der Waals surface area contributed by atoms with Crippen molar-refractivity contribution in [1.29, 1.82) is 0 Å². The maximum absolute atomic E-state index is 13.0. The number of rotatable bonds is 17. The Morgan fingerprint density at radius 2 is 1.16 bits per heavy atom. The minimum absolute atomic E-state index is 0.298. The molecule has 19 heteroatoms. The Labute approximate surface area is 315 Å². The first kappa shape index (κ1) is 43.0. The highest BCUT2D eigenvalue weighted by molar-refractivity contribution is 5.88. The van der Waals surface area contributed by atoms with Gasteiger partial charge in [0.15, 0.2) is 35.4 Å². The fourth-order valence-corrected chi connectivity index (χ4v) is 5.86. The molecule has 9 unspecified atom stereocenters. The van der Waals surface area contributed by atoms with Gasteiger partial charge in [0.05, 0.1) is 49.3 Å². The molecule has 0 aromatic heterocycles. The summed E-state index contributed by atoms with van der Waals surface area (Å²) in [6, 6.07) is 6.25.